The molecule has 0 unspecified atom stereocenters. The van der Waals surface area contributed by atoms with Gasteiger partial charge in [0.15, 0.2) is 5.13 Å². The highest BCUT2D eigenvalue weighted by atomic mass is 32.2. The second kappa shape index (κ2) is 7.13. The van der Waals surface area contributed by atoms with E-state index in [2.05, 4.69) is 15.3 Å². The molecule has 3 heterocycles. The number of fused-ring (bicyclic) bond motifs is 2. The number of aromatic nitrogens is 3. The van der Waals surface area contributed by atoms with Gasteiger partial charge in [0.2, 0.25) is 15.0 Å². The summed E-state index contributed by atoms with van der Waals surface area (Å²) < 4.78 is 45.5. The predicted molar refractivity (Wildman–Crippen MR) is 114 cm³/mol. The van der Waals surface area contributed by atoms with Crippen molar-refractivity contribution in [2.45, 2.75) is 11.7 Å². The molecule has 1 aliphatic rings. The van der Waals surface area contributed by atoms with E-state index in [0.717, 1.165) is 4.70 Å². The first-order valence-electron chi connectivity index (χ1n) is 9.21. The first kappa shape index (κ1) is 19.6. The van der Waals surface area contributed by atoms with Gasteiger partial charge in [0.05, 0.1) is 23.1 Å². The maximum Gasteiger partial charge on any atom is 0.276 e. The van der Waals surface area contributed by atoms with Crippen LogP contribution in [0.2, 0.25) is 0 Å². The minimum absolute atomic E-state index is 0.0968. The number of hydrogen-bond acceptors (Lipinski definition) is 7. The molecule has 2 aromatic heterocycles. The van der Waals surface area contributed by atoms with Gasteiger partial charge in [-0.2, -0.15) is 0 Å². The molecule has 4 aromatic rings. The van der Waals surface area contributed by atoms with Gasteiger partial charge < -0.3 is 9.30 Å². The van der Waals surface area contributed by atoms with Crippen molar-refractivity contribution in [1.29, 1.82) is 0 Å². The molecule has 0 bridgehead atoms. The number of rotatable bonds is 4. The van der Waals surface area contributed by atoms with E-state index in [9.17, 15) is 17.6 Å². The van der Waals surface area contributed by atoms with E-state index >= 15 is 0 Å². The van der Waals surface area contributed by atoms with Crippen molar-refractivity contribution in [3.8, 4) is 17.0 Å². The molecule has 0 saturated carbocycles. The van der Waals surface area contributed by atoms with Crippen LogP contribution in [-0.4, -0.2) is 41.7 Å². The standard InChI is InChI=1S/C20H15FN4O4S2/c1-29-13-6-7-14-15(10-13)30-19(22-14)24-18(26)17-16(11-2-4-12(21)5-3-11)23-20-25(17)8-9-31(20,27)28/h2-7,10H,8-9H2,1H3,(H,22,24,26). The van der Waals surface area contributed by atoms with E-state index in [-0.39, 0.29) is 28.8 Å². The van der Waals surface area contributed by atoms with Crippen LogP contribution >= 0.6 is 11.3 Å². The molecular weight excluding hydrogens is 443 g/mol. The fourth-order valence-corrected chi connectivity index (χ4v) is 5.70. The number of ether oxygens (including phenoxy) is 1. The second-order valence-electron chi connectivity index (χ2n) is 6.88. The van der Waals surface area contributed by atoms with E-state index in [1.54, 1.807) is 19.2 Å². The number of anilines is 1. The Morgan fingerprint density at radius 2 is 1.97 bits per heavy atom. The lowest BCUT2D eigenvalue weighted by Gasteiger charge is -2.07. The Kier molecular flexibility index (Phi) is 4.52. The van der Waals surface area contributed by atoms with Crippen molar-refractivity contribution in [3.63, 3.8) is 0 Å². The largest absolute Gasteiger partial charge is 0.497 e. The number of hydrogen-bond donors (Lipinski definition) is 1. The Balaban J connectivity index is 1.57. The topological polar surface area (TPSA) is 103 Å². The summed E-state index contributed by atoms with van der Waals surface area (Å²) in [6, 6.07) is 10.8. The van der Waals surface area contributed by atoms with Crippen LogP contribution in [0.4, 0.5) is 9.52 Å². The minimum Gasteiger partial charge on any atom is -0.497 e. The van der Waals surface area contributed by atoms with Crippen LogP contribution in [0.3, 0.4) is 0 Å². The third-order valence-electron chi connectivity index (χ3n) is 4.94. The summed E-state index contributed by atoms with van der Waals surface area (Å²) in [6.07, 6.45) is 0. The summed E-state index contributed by atoms with van der Waals surface area (Å²) >= 11 is 1.27. The highest BCUT2D eigenvalue weighted by Crippen LogP contribution is 2.33. The van der Waals surface area contributed by atoms with Crippen molar-refractivity contribution < 1.29 is 22.3 Å². The van der Waals surface area contributed by atoms with Gasteiger partial charge in [0, 0.05) is 12.1 Å². The number of amides is 1. The van der Waals surface area contributed by atoms with E-state index in [1.165, 1.54) is 40.2 Å². The molecule has 1 amide bonds. The number of sulfone groups is 1. The quantitative estimate of drug-likeness (QED) is 0.503. The zero-order valence-electron chi connectivity index (χ0n) is 16.1. The molecule has 0 radical (unpaired) electrons. The number of carbonyl (C=O) groups excluding carboxylic acids is 1. The van der Waals surface area contributed by atoms with Gasteiger partial charge in [-0.3, -0.25) is 10.1 Å². The van der Waals surface area contributed by atoms with Crippen molar-refractivity contribution in [2.24, 2.45) is 0 Å². The van der Waals surface area contributed by atoms with E-state index in [4.69, 9.17) is 4.74 Å². The summed E-state index contributed by atoms with van der Waals surface area (Å²) in [5, 5.41) is 2.94. The molecule has 0 atom stereocenters. The van der Waals surface area contributed by atoms with Crippen LogP contribution in [0.15, 0.2) is 47.6 Å². The molecule has 11 heteroatoms. The third kappa shape index (κ3) is 3.35. The summed E-state index contributed by atoms with van der Waals surface area (Å²) in [6.45, 7) is 0.117. The Morgan fingerprint density at radius 1 is 1.19 bits per heavy atom. The van der Waals surface area contributed by atoms with Crippen molar-refractivity contribution in [1.82, 2.24) is 14.5 Å². The lowest BCUT2D eigenvalue weighted by molar-refractivity contribution is 0.101. The van der Waals surface area contributed by atoms with E-state index in [0.29, 0.717) is 22.0 Å². The molecule has 8 nitrogen and oxygen atoms in total. The second-order valence-corrected chi connectivity index (χ2v) is 9.91. The minimum atomic E-state index is -3.59. The van der Waals surface area contributed by atoms with Gasteiger partial charge in [0.1, 0.15) is 23.0 Å². The number of thiazole rings is 1. The summed E-state index contributed by atoms with van der Waals surface area (Å²) in [7, 11) is -2.02. The SMILES string of the molecule is COc1ccc2nc(NC(=O)c3c(-c4ccc(F)cc4)nc4n3CCS4(=O)=O)sc2c1. The molecule has 31 heavy (non-hydrogen) atoms. The van der Waals surface area contributed by atoms with Crippen molar-refractivity contribution in [2.75, 3.05) is 18.2 Å². The number of imidazole rings is 1. The number of nitrogens with one attached hydrogen (secondary N) is 1. The maximum absolute atomic E-state index is 13.4. The fourth-order valence-electron chi connectivity index (χ4n) is 3.46. The molecule has 1 N–H and O–H groups in total. The van der Waals surface area contributed by atoms with E-state index < -0.39 is 21.6 Å². The lowest BCUT2D eigenvalue weighted by Crippen LogP contribution is -2.17. The maximum atomic E-state index is 13.4. The summed E-state index contributed by atoms with van der Waals surface area (Å²) in [5.41, 5.74) is 1.41. The summed E-state index contributed by atoms with van der Waals surface area (Å²) in [4.78, 5) is 21.8. The zero-order valence-corrected chi connectivity index (χ0v) is 17.8. The van der Waals surface area contributed by atoms with Crippen LogP contribution in [0, 0.1) is 5.82 Å². The average molecular weight is 458 g/mol. The first-order chi connectivity index (χ1) is 14.9. The molecule has 2 aromatic carbocycles. The van der Waals surface area contributed by atoms with Gasteiger partial charge in [-0.15, -0.1) is 0 Å². The molecule has 0 aliphatic carbocycles. The van der Waals surface area contributed by atoms with Gasteiger partial charge in [-0.25, -0.2) is 22.8 Å². The Hall–Kier alpha value is -3.31. The van der Waals surface area contributed by atoms with Gasteiger partial charge in [-0.1, -0.05) is 11.3 Å². The molecule has 0 fully saturated rings. The molecule has 5 rings (SSSR count). The molecule has 1 aliphatic heterocycles. The van der Waals surface area contributed by atoms with Crippen molar-refractivity contribution in [3.05, 3.63) is 54.0 Å². The van der Waals surface area contributed by atoms with Gasteiger partial charge in [-0.05, 0) is 42.5 Å². The van der Waals surface area contributed by atoms with E-state index in [1.807, 2.05) is 6.07 Å². The third-order valence-corrected chi connectivity index (χ3v) is 7.46. The lowest BCUT2D eigenvalue weighted by atomic mass is 10.1. The van der Waals surface area contributed by atoms with Crippen molar-refractivity contribution >= 4 is 42.4 Å². The number of nitrogens with zero attached hydrogens (tertiary/aromatic N) is 3. The van der Waals surface area contributed by atoms with Gasteiger partial charge in [0.25, 0.3) is 5.91 Å². The van der Waals surface area contributed by atoms with Gasteiger partial charge >= 0.3 is 0 Å². The Bertz CT molecular complexity index is 1440. The average Bonchev–Trinajstić information content (AvgIpc) is 3.40. The normalized spacial score (nSPS) is 14.5. The van der Waals surface area contributed by atoms with Crippen LogP contribution < -0.4 is 10.1 Å². The summed E-state index contributed by atoms with van der Waals surface area (Å²) in [5.74, 6) is -0.438. The zero-order chi connectivity index (χ0) is 21.8. The molecule has 158 valence electrons. The van der Waals surface area contributed by atoms with Crippen LogP contribution in [0.1, 0.15) is 10.5 Å². The first-order valence-corrected chi connectivity index (χ1v) is 11.7. The highest BCUT2D eigenvalue weighted by Gasteiger charge is 2.35. The molecule has 0 spiro atoms. The fraction of sp³-hybridized carbons (Fsp3) is 0.150. The van der Waals surface area contributed by atoms with Crippen LogP contribution in [-0.2, 0) is 16.4 Å². The molecule has 0 saturated heterocycles. The highest BCUT2D eigenvalue weighted by molar-refractivity contribution is 7.91. The molecular formula is C20H15FN4O4S2. The predicted octanol–water partition coefficient (Wildman–Crippen LogP) is 3.35. The number of benzene rings is 2. The Labute approximate surface area is 180 Å². The van der Waals surface area contributed by atoms with Crippen LogP contribution in [0.25, 0.3) is 21.5 Å². The van der Waals surface area contributed by atoms with Crippen LogP contribution in [0.5, 0.6) is 5.75 Å². The number of carbonyl (C=O) groups is 1. The Morgan fingerprint density at radius 3 is 2.71 bits per heavy atom. The smallest absolute Gasteiger partial charge is 0.276 e. The number of methoxy groups -OCH3 is 1. The monoisotopic (exact) mass is 458 g/mol. The number of halogens is 1.